The third kappa shape index (κ3) is 1.69. The molecule has 1 aromatic heterocycles. The summed E-state index contributed by atoms with van der Waals surface area (Å²) in [4.78, 5) is 25.4. The number of hydrogen-bond acceptors (Lipinski definition) is 3. The van der Waals surface area contributed by atoms with E-state index in [4.69, 9.17) is 4.74 Å². The Hall–Kier alpha value is -2.10. The molecule has 0 amide bonds. The Morgan fingerprint density at radius 2 is 2.31 bits per heavy atom. The molecule has 0 spiro atoms. The number of fused-ring (bicyclic) bond motifs is 1. The maximum atomic E-state index is 11.5. The summed E-state index contributed by atoms with van der Waals surface area (Å²) in [6.45, 7) is 2.06. The van der Waals surface area contributed by atoms with E-state index in [1.165, 1.54) is 0 Å². The van der Waals surface area contributed by atoms with Crippen molar-refractivity contribution in [2.24, 2.45) is 0 Å². The smallest absolute Gasteiger partial charge is 0.338 e. The molecule has 4 heteroatoms. The first kappa shape index (κ1) is 10.4. The second-order valence-corrected chi connectivity index (χ2v) is 3.34. The van der Waals surface area contributed by atoms with Gasteiger partial charge in [-0.2, -0.15) is 0 Å². The number of carbonyl (C=O) groups excluding carboxylic acids is 2. The van der Waals surface area contributed by atoms with Crippen LogP contribution in [0.1, 0.15) is 27.6 Å². The molecular formula is C12H11NO3. The molecular weight excluding hydrogens is 206 g/mol. The number of esters is 1. The van der Waals surface area contributed by atoms with Crippen LogP contribution in [0.3, 0.4) is 0 Å². The average molecular weight is 217 g/mol. The summed E-state index contributed by atoms with van der Waals surface area (Å²) in [5.41, 5.74) is 1.63. The number of ether oxygens (including phenoxy) is 1. The van der Waals surface area contributed by atoms with Gasteiger partial charge in [0, 0.05) is 22.7 Å². The highest BCUT2D eigenvalue weighted by atomic mass is 16.5. The molecule has 2 aromatic rings. The van der Waals surface area contributed by atoms with E-state index in [2.05, 4.69) is 4.98 Å². The fourth-order valence-corrected chi connectivity index (χ4v) is 1.63. The molecule has 2 rings (SSSR count). The lowest BCUT2D eigenvalue weighted by Gasteiger charge is -2.03. The second kappa shape index (κ2) is 4.18. The summed E-state index contributed by atoms with van der Waals surface area (Å²) in [6, 6.07) is 5.02. The number of aromatic amines is 1. The molecule has 16 heavy (non-hydrogen) atoms. The van der Waals surface area contributed by atoms with Crippen LogP contribution in [0.25, 0.3) is 10.9 Å². The Morgan fingerprint density at radius 3 is 3.00 bits per heavy atom. The van der Waals surface area contributed by atoms with E-state index in [0.717, 1.165) is 17.2 Å². The van der Waals surface area contributed by atoms with Gasteiger partial charge in [0.1, 0.15) is 0 Å². The van der Waals surface area contributed by atoms with Gasteiger partial charge in [-0.25, -0.2) is 4.79 Å². The molecule has 0 aliphatic rings. The molecule has 0 bridgehead atoms. The summed E-state index contributed by atoms with van der Waals surface area (Å²) >= 11 is 0. The largest absolute Gasteiger partial charge is 0.462 e. The summed E-state index contributed by atoms with van der Waals surface area (Å²) in [7, 11) is 0. The minimum Gasteiger partial charge on any atom is -0.462 e. The van der Waals surface area contributed by atoms with Crippen molar-refractivity contribution in [1.82, 2.24) is 4.98 Å². The first-order valence-electron chi connectivity index (χ1n) is 4.99. The number of carbonyl (C=O) groups is 2. The number of H-pyrrole nitrogens is 1. The van der Waals surface area contributed by atoms with Gasteiger partial charge >= 0.3 is 5.97 Å². The molecule has 4 nitrogen and oxygen atoms in total. The highest BCUT2D eigenvalue weighted by molar-refractivity contribution is 6.02. The zero-order chi connectivity index (χ0) is 11.5. The quantitative estimate of drug-likeness (QED) is 0.633. The number of benzene rings is 1. The normalized spacial score (nSPS) is 10.3. The minimum atomic E-state index is -0.415. The molecule has 0 radical (unpaired) electrons. The zero-order valence-corrected chi connectivity index (χ0v) is 8.82. The Balaban J connectivity index is 2.55. The van der Waals surface area contributed by atoms with Gasteiger partial charge in [0.15, 0.2) is 6.29 Å². The van der Waals surface area contributed by atoms with Crippen molar-refractivity contribution in [2.75, 3.05) is 6.61 Å². The first-order valence-corrected chi connectivity index (χ1v) is 4.99. The van der Waals surface area contributed by atoms with E-state index in [1.54, 1.807) is 31.3 Å². The molecule has 1 heterocycles. The maximum absolute atomic E-state index is 11.5. The van der Waals surface area contributed by atoms with E-state index in [0.29, 0.717) is 17.7 Å². The molecule has 0 saturated heterocycles. The SMILES string of the molecule is CCOC(=O)c1cc(C=O)c2cc[nH]c2c1. The van der Waals surface area contributed by atoms with Gasteiger partial charge < -0.3 is 9.72 Å². The molecule has 0 aliphatic heterocycles. The van der Waals surface area contributed by atoms with E-state index >= 15 is 0 Å². The van der Waals surface area contributed by atoms with Gasteiger partial charge in [-0.1, -0.05) is 0 Å². The van der Waals surface area contributed by atoms with Crippen LogP contribution in [0.4, 0.5) is 0 Å². The highest BCUT2D eigenvalue weighted by Gasteiger charge is 2.11. The predicted molar refractivity (Wildman–Crippen MR) is 59.6 cm³/mol. The first-order chi connectivity index (χ1) is 7.76. The monoisotopic (exact) mass is 217 g/mol. The molecule has 0 aliphatic carbocycles. The van der Waals surface area contributed by atoms with Gasteiger partial charge in [-0.15, -0.1) is 0 Å². The van der Waals surface area contributed by atoms with Gasteiger partial charge in [-0.3, -0.25) is 4.79 Å². The highest BCUT2D eigenvalue weighted by Crippen LogP contribution is 2.19. The van der Waals surface area contributed by atoms with Crippen LogP contribution in [0.5, 0.6) is 0 Å². The van der Waals surface area contributed by atoms with Crippen molar-refractivity contribution >= 4 is 23.2 Å². The van der Waals surface area contributed by atoms with Gasteiger partial charge in [-0.05, 0) is 25.1 Å². The standard InChI is InChI=1S/C12H11NO3/c1-2-16-12(15)8-5-9(7-14)10-3-4-13-11(10)6-8/h3-7,13H,2H2,1H3. The third-order valence-electron chi connectivity index (χ3n) is 2.34. The van der Waals surface area contributed by atoms with Crippen LogP contribution in [-0.2, 0) is 4.74 Å². The topological polar surface area (TPSA) is 59.2 Å². The number of aromatic nitrogens is 1. The van der Waals surface area contributed by atoms with Crippen molar-refractivity contribution in [1.29, 1.82) is 0 Å². The van der Waals surface area contributed by atoms with Crippen LogP contribution in [-0.4, -0.2) is 23.8 Å². The predicted octanol–water partition coefficient (Wildman–Crippen LogP) is 2.16. The average Bonchev–Trinajstić information content (AvgIpc) is 2.75. The summed E-state index contributed by atoms with van der Waals surface area (Å²) < 4.78 is 4.88. The summed E-state index contributed by atoms with van der Waals surface area (Å²) in [5.74, 6) is -0.415. The molecule has 0 unspecified atom stereocenters. The van der Waals surface area contributed by atoms with E-state index in [-0.39, 0.29) is 0 Å². The Kier molecular flexibility index (Phi) is 2.72. The summed E-state index contributed by atoms with van der Waals surface area (Å²) in [6.07, 6.45) is 2.46. The second-order valence-electron chi connectivity index (χ2n) is 3.34. The van der Waals surface area contributed by atoms with Gasteiger partial charge in [0.2, 0.25) is 0 Å². The van der Waals surface area contributed by atoms with Crippen molar-refractivity contribution < 1.29 is 14.3 Å². The van der Waals surface area contributed by atoms with Crippen molar-refractivity contribution in [3.05, 3.63) is 35.5 Å². The van der Waals surface area contributed by atoms with Crippen molar-refractivity contribution in [3.8, 4) is 0 Å². The van der Waals surface area contributed by atoms with Crippen LogP contribution < -0.4 is 0 Å². The molecule has 0 fully saturated rings. The van der Waals surface area contributed by atoms with Crippen LogP contribution in [0.2, 0.25) is 0 Å². The Bertz CT molecular complexity index is 542. The number of rotatable bonds is 3. The molecule has 1 aromatic carbocycles. The summed E-state index contributed by atoms with van der Waals surface area (Å²) in [5, 5.41) is 0.808. The van der Waals surface area contributed by atoms with Crippen molar-refractivity contribution in [2.45, 2.75) is 6.92 Å². The molecule has 0 atom stereocenters. The van der Waals surface area contributed by atoms with Crippen LogP contribution in [0, 0.1) is 0 Å². The molecule has 1 N–H and O–H groups in total. The van der Waals surface area contributed by atoms with Gasteiger partial charge in [0.05, 0.1) is 12.2 Å². The van der Waals surface area contributed by atoms with Crippen LogP contribution in [0.15, 0.2) is 24.4 Å². The zero-order valence-electron chi connectivity index (χ0n) is 8.82. The van der Waals surface area contributed by atoms with E-state index in [1.807, 2.05) is 0 Å². The third-order valence-corrected chi connectivity index (χ3v) is 2.34. The fraction of sp³-hybridized carbons (Fsp3) is 0.167. The van der Waals surface area contributed by atoms with Crippen LogP contribution >= 0.6 is 0 Å². The number of hydrogen-bond donors (Lipinski definition) is 1. The van der Waals surface area contributed by atoms with Gasteiger partial charge in [0.25, 0.3) is 0 Å². The lowest BCUT2D eigenvalue weighted by molar-refractivity contribution is 0.0526. The van der Waals surface area contributed by atoms with E-state index in [9.17, 15) is 9.59 Å². The number of nitrogens with one attached hydrogen (secondary N) is 1. The Labute approximate surface area is 92.2 Å². The molecule has 0 saturated carbocycles. The maximum Gasteiger partial charge on any atom is 0.338 e. The fourth-order valence-electron chi connectivity index (χ4n) is 1.63. The lowest BCUT2D eigenvalue weighted by Crippen LogP contribution is -2.05. The number of aldehydes is 1. The minimum absolute atomic E-state index is 0.317. The van der Waals surface area contributed by atoms with Crippen molar-refractivity contribution in [3.63, 3.8) is 0 Å². The Morgan fingerprint density at radius 1 is 1.50 bits per heavy atom. The van der Waals surface area contributed by atoms with E-state index < -0.39 is 5.97 Å². The lowest BCUT2D eigenvalue weighted by atomic mass is 10.1. The molecule has 82 valence electrons.